The number of rotatable bonds is 5. The SMILES string of the molecule is COc1cccc(C2C(C(=O)N3C[C@@H](C)[C@H](C(=O)O)C3)CC(=O)N2C2CC2)c1. The number of benzene rings is 1. The van der Waals surface area contributed by atoms with Gasteiger partial charge in [-0.1, -0.05) is 19.1 Å². The first-order valence-corrected chi connectivity index (χ1v) is 9.87. The number of carboxylic acids is 1. The summed E-state index contributed by atoms with van der Waals surface area (Å²) in [5.41, 5.74) is 0.900. The topological polar surface area (TPSA) is 87.1 Å². The summed E-state index contributed by atoms with van der Waals surface area (Å²) >= 11 is 0. The van der Waals surface area contributed by atoms with E-state index in [2.05, 4.69) is 0 Å². The van der Waals surface area contributed by atoms with Crippen LogP contribution in [0.25, 0.3) is 0 Å². The Morgan fingerprint density at radius 1 is 1.18 bits per heavy atom. The van der Waals surface area contributed by atoms with Gasteiger partial charge in [-0.05, 0) is 36.5 Å². The van der Waals surface area contributed by atoms with E-state index in [1.165, 1.54) is 0 Å². The second-order valence-electron chi connectivity index (χ2n) is 8.23. The molecule has 2 saturated heterocycles. The van der Waals surface area contributed by atoms with Crippen LogP contribution in [-0.2, 0) is 14.4 Å². The number of nitrogens with zero attached hydrogens (tertiary/aromatic N) is 2. The Labute approximate surface area is 164 Å². The zero-order chi connectivity index (χ0) is 20.0. The number of hydrogen-bond acceptors (Lipinski definition) is 4. The van der Waals surface area contributed by atoms with Gasteiger partial charge in [-0.2, -0.15) is 0 Å². The van der Waals surface area contributed by atoms with E-state index in [1.807, 2.05) is 36.1 Å². The predicted octanol–water partition coefficient (Wildman–Crippen LogP) is 1.93. The van der Waals surface area contributed by atoms with Crippen LogP contribution in [0.2, 0.25) is 0 Å². The second kappa shape index (κ2) is 7.11. The first-order valence-electron chi connectivity index (χ1n) is 9.87. The molecule has 3 fully saturated rings. The zero-order valence-corrected chi connectivity index (χ0v) is 16.2. The minimum atomic E-state index is -0.866. The lowest BCUT2D eigenvalue weighted by atomic mass is 9.92. The van der Waals surface area contributed by atoms with Crippen LogP contribution in [0.5, 0.6) is 5.75 Å². The van der Waals surface area contributed by atoms with E-state index in [-0.39, 0.29) is 42.8 Å². The van der Waals surface area contributed by atoms with Crippen molar-refractivity contribution in [3.05, 3.63) is 29.8 Å². The molecule has 0 aromatic heterocycles. The van der Waals surface area contributed by atoms with Crippen molar-refractivity contribution in [3.8, 4) is 5.75 Å². The molecule has 2 unspecified atom stereocenters. The maximum atomic E-state index is 13.4. The Hall–Kier alpha value is -2.57. The monoisotopic (exact) mass is 386 g/mol. The second-order valence-corrected chi connectivity index (χ2v) is 8.23. The van der Waals surface area contributed by atoms with Crippen molar-refractivity contribution in [3.63, 3.8) is 0 Å². The molecule has 2 heterocycles. The fourth-order valence-electron chi connectivity index (χ4n) is 4.68. The van der Waals surface area contributed by atoms with Gasteiger partial charge in [0.2, 0.25) is 11.8 Å². The smallest absolute Gasteiger partial charge is 0.308 e. The molecule has 0 spiro atoms. The third-order valence-corrected chi connectivity index (χ3v) is 6.30. The van der Waals surface area contributed by atoms with Gasteiger partial charge in [0.15, 0.2) is 0 Å². The maximum absolute atomic E-state index is 13.4. The molecule has 1 aliphatic carbocycles. The number of methoxy groups -OCH3 is 1. The van der Waals surface area contributed by atoms with Crippen molar-refractivity contribution in [2.24, 2.45) is 17.8 Å². The molecule has 1 saturated carbocycles. The molecule has 2 amide bonds. The number of carbonyl (C=O) groups is 3. The maximum Gasteiger partial charge on any atom is 0.308 e. The first-order chi connectivity index (χ1) is 13.4. The van der Waals surface area contributed by atoms with Crippen LogP contribution >= 0.6 is 0 Å². The highest BCUT2D eigenvalue weighted by molar-refractivity contribution is 5.91. The summed E-state index contributed by atoms with van der Waals surface area (Å²) in [5, 5.41) is 9.39. The van der Waals surface area contributed by atoms with Crippen molar-refractivity contribution in [2.75, 3.05) is 20.2 Å². The van der Waals surface area contributed by atoms with E-state index < -0.39 is 17.8 Å². The van der Waals surface area contributed by atoms with Crippen molar-refractivity contribution in [1.82, 2.24) is 9.80 Å². The Balaban J connectivity index is 1.63. The Morgan fingerprint density at radius 2 is 1.93 bits per heavy atom. The molecular formula is C21H26N2O5. The Kier molecular flexibility index (Phi) is 4.77. The van der Waals surface area contributed by atoms with Crippen LogP contribution in [0.3, 0.4) is 0 Å². The van der Waals surface area contributed by atoms with Gasteiger partial charge in [0.1, 0.15) is 5.75 Å². The Morgan fingerprint density at radius 3 is 2.54 bits per heavy atom. The highest BCUT2D eigenvalue weighted by atomic mass is 16.5. The van der Waals surface area contributed by atoms with Crippen LogP contribution in [0, 0.1) is 17.8 Å². The average Bonchev–Trinajstić information content (AvgIpc) is 3.34. The summed E-state index contributed by atoms with van der Waals surface area (Å²) in [6.45, 7) is 2.50. The van der Waals surface area contributed by atoms with Gasteiger partial charge in [-0.25, -0.2) is 0 Å². The zero-order valence-electron chi connectivity index (χ0n) is 16.2. The van der Waals surface area contributed by atoms with Crippen LogP contribution < -0.4 is 4.74 Å². The van der Waals surface area contributed by atoms with Crippen LogP contribution in [0.15, 0.2) is 24.3 Å². The summed E-state index contributed by atoms with van der Waals surface area (Å²) < 4.78 is 5.34. The summed E-state index contributed by atoms with van der Waals surface area (Å²) in [7, 11) is 1.60. The van der Waals surface area contributed by atoms with Gasteiger partial charge >= 0.3 is 5.97 Å². The fourth-order valence-corrected chi connectivity index (χ4v) is 4.68. The van der Waals surface area contributed by atoms with Crippen LogP contribution in [0.4, 0.5) is 0 Å². The molecule has 0 radical (unpaired) electrons. The lowest BCUT2D eigenvalue weighted by Gasteiger charge is -2.30. The number of carboxylic acid groups (broad SMARTS) is 1. The number of ether oxygens (including phenoxy) is 1. The molecule has 7 nitrogen and oxygen atoms in total. The van der Waals surface area contributed by atoms with Gasteiger partial charge in [0.05, 0.1) is 25.0 Å². The third-order valence-electron chi connectivity index (χ3n) is 6.30. The quantitative estimate of drug-likeness (QED) is 0.836. The van der Waals surface area contributed by atoms with E-state index in [1.54, 1.807) is 12.0 Å². The minimum Gasteiger partial charge on any atom is -0.497 e. The molecule has 1 N–H and O–H groups in total. The molecule has 4 rings (SSSR count). The van der Waals surface area contributed by atoms with E-state index in [0.717, 1.165) is 18.4 Å². The molecule has 3 aliphatic rings. The van der Waals surface area contributed by atoms with Crippen molar-refractivity contribution < 1.29 is 24.2 Å². The molecule has 7 heteroatoms. The highest BCUT2D eigenvalue weighted by Gasteiger charge is 2.51. The van der Waals surface area contributed by atoms with Crippen LogP contribution in [-0.4, -0.2) is 58.9 Å². The lowest BCUT2D eigenvalue weighted by molar-refractivity contribution is -0.142. The third kappa shape index (κ3) is 3.23. The average molecular weight is 386 g/mol. The number of amides is 2. The molecule has 150 valence electrons. The summed E-state index contributed by atoms with van der Waals surface area (Å²) in [6, 6.07) is 7.44. The molecule has 4 atom stereocenters. The molecule has 1 aromatic carbocycles. The lowest BCUT2D eigenvalue weighted by Crippen LogP contribution is -2.39. The summed E-state index contributed by atoms with van der Waals surface area (Å²) in [6.07, 6.45) is 2.11. The molecule has 28 heavy (non-hydrogen) atoms. The highest BCUT2D eigenvalue weighted by Crippen LogP contribution is 2.46. The van der Waals surface area contributed by atoms with Gasteiger partial charge in [0, 0.05) is 25.6 Å². The van der Waals surface area contributed by atoms with E-state index in [0.29, 0.717) is 12.3 Å². The van der Waals surface area contributed by atoms with Gasteiger partial charge in [-0.3, -0.25) is 14.4 Å². The van der Waals surface area contributed by atoms with Crippen molar-refractivity contribution in [1.29, 1.82) is 0 Å². The van der Waals surface area contributed by atoms with Crippen molar-refractivity contribution in [2.45, 2.75) is 38.3 Å². The Bertz CT molecular complexity index is 806. The molecule has 2 aliphatic heterocycles. The van der Waals surface area contributed by atoms with E-state index >= 15 is 0 Å². The number of likely N-dealkylation sites (tertiary alicyclic amines) is 2. The van der Waals surface area contributed by atoms with Gasteiger partial charge in [0.25, 0.3) is 0 Å². The number of hydrogen-bond donors (Lipinski definition) is 1. The van der Waals surface area contributed by atoms with Gasteiger partial charge < -0.3 is 19.6 Å². The van der Waals surface area contributed by atoms with Crippen molar-refractivity contribution >= 4 is 17.8 Å². The summed E-state index contributed by atoms with van der Waals surface area (Å²) in [4.78, 5) is 41.1. The number of carbonyl (C=O) groups excluding carboxylic acids is 2. The predicted molar refractivity (Wildman–Crippen MR) is 101 cm³/mol. The van der Waals surface area contributed by atoms with Gasteiger partial charge in [-0.15, -0.1) is 0 Å². The first kappa shape index (κ1) is 18.8. The van der Waals surface area contributed by atoms with E-state index in [4.69, 9.17) is 4.74 Å². The number of aliphatic carboxylic acids is 1. The largest absolute Gasteiger partial charge is 0.497 e. The molecule has 0 bridgehead atoms. The van der Waals surface area contributed by atoms with Crippen LogP contribution in [0.1, 0.15) is 37.8 Å². The minimum absolute atomic E-state index is 0.00991. The molecule has 1 aromatic rings. The molecular weight excluding hydrogens is 360 g/mol. The standard InChI is InChI=1S/C21H26N2O5/c1-12-10-22(11-17(12)21(26)27)20(25)16-9-18(24)23(14-6-7-14)19(16)13-4-3-5-15(8-13)28-2/h3-5,8,12,14,16-17,19H,6-7,9-11H2,1-2H3,(H,26,27)/t12-,16?,17-,19?/m1/s1. The summed E-state index contributed by atoms with van der Waals surface area (Å²) in [5.74, 6) is -1.39. The van der Waals surface area contributed by atoms with E-state index in [9.17, 15) is 19.5 Å². The fraction of sp³-hybridized carbons (Fsp3) is 0.571. The normalized spacial score (nSPS) is 30.0.